The molecule has 0 bridgehead atoms. The first-order valence-corrected chi connectivity index (χ1v) is 5.89. The minimum Gasteiger partial charge on any atom is -0.481 e. The number of nitrogens with one attached hydrogen (secondary N) is 1. The summed E-state index contributed by atoms with van der Waals surface area (Å²) in [6.45, 7) is 0.874. The van der Waals surface area contributed by atoms with E-state index in [2.05, 4.69) is 5.32 Å². The van der Waals surface area contributed by atoms with Crippen LogP contribution < -0.4 is 5.32 Å². The molecule has 3 atom stereocenters. The van der Waals surface area contributed by atoms with Gasteiger partial charge in [0.1, 0.15) is 6.04 Å². The lowest BCUT2D eigenvalue weighted by Gasteiger charge is -2.34. The summed E-state index contributed by atoms with van der Waals surface area (Å²) in [5.74, 6) is -2.55. The van der Waals surface area contributed by atoms with Crippen molar-refractivity contribution in [1.29, 1.82) is 0 Å². The predicted molar refractivity (Wildman–Crippen MR) is 59.6 cm³/mol. The van der Waals surface area contributed by atoms with Crippen LogP contribution in [0.25, 0.3) is 0 Å². The van der Waals surface area contributed by atoms with Crippen LogP contribution in [0.4, 0.5) is 0 Å². The van der Waals surface area contributed by atoms with Crippen molar-refractivity contribution in [3.8, 4) is 0 Å². The predicted octanol–water partition coefficient (Wildman–Crippen LogP) is -1.32. The lowest BCUT2D eigenvalue weighted by molar-refractivity contribution is -0.150. The number of carbonyl (C=O) groups excluding carboxylic acids is 2. The second kappa shape index (κ2) is 4.93. The van der Waals surface area contributed by atoms with Crippen molar-refractivity contribution < 1.29 is 24.2 Å². The van der Waals surface area contributed by atoms with E-state index in [9.17, 15) is 14.4 Å². The number of carboxylic acid groups (broad SMARTS) is 1. The standard InChI is InChI=1S/C11H16N2O5/c1-12-9(14)8-5-18-3-2-13(8)10(15)6-4-7(6)11(16)17/h6-8H,2-5H2,1H3,(H,12,14)(H,16,17). The summed E-state index contributed by atoms with van der Waals surface area (Å²) in [6, 6.07) is -0.647. The molecule has 2 aliphatic rings. The van der Waals surface area contributed by atoms with E-state index in [1.54, 1.807) is 0 Å². The number of morpholine rings is 1. The molecule has 2 rings (SSSR count). The van der Waals surface area contributed by atoms with E-state index in [1.165, 1.54) is 11.9 Å². The highest BCUT2D eigenvalue weighted by molar-refractivity contribution is 5.93. The Hall–Kier alpha value is -1.63. The third-order valence-corrected chi connectivity index (χ3v) is 3.39. The van der Waals surface area contributed by atoms with Gasteiger partial charge in [-0.1, -0.05) is 0 Å². The van der Waals surface area contributed by atoms with E-state index < -0.39 is 23.8 Å². The van der Waals surface area contributed by atoms with E-state index in [1.807, 2.05) is 0 Å². The van der Waals surface area contributed by atoms with Gasteiger partial charge in [-0.2, -0.15) is 0 Å². The molecule has 0 aromatic rings. The second-order valence-electron chi connectivity index (χ2n) is 4.52. The molecule has 1 saturated heterocycles. The largest absolute Gasteiger partial charge is 0.481 e. The lowest BCUT2D eigenvalue weighted by atomic mass is 10.1. The molecule has 1 heterocycles. The molecule has 7 heteroatoms. The van der Waals surface area contributed by atoms with Gasteiger partial charge in [0.05, 0.1) is 25.0 Å². The maximum atomic E-state index is 12.1. The molecule has 0 spiro atoms. The Morgan fingerprint density at radius 2 is 2.06 bits per heavy atom. The van der Waals surface area contributed by atoms with Crippen molar-refractivity contribution in [2.75, 3.05) is 26.8 Å². The number of hydrogen-bond donors (Lipinski definition) is 2. The number of rotatable bonds is 3. The smallest absolute Gasteiger partial charge is 0.307 e. The number of hydrogen-bond acceptors (Lipinski definition) is 4. The molecule has 0 radical (unpaired) electrons. The fourth-order valence-electron chi connectivity index (χ4n) is 2.21. The van der Waals surface area contributed by atoms with Gasteiger partial charge in [0.25, 0.3) is 0 Å². The van der Waals surface area contributed by atoms with Crippen molar-refractivity contribution in [1.82, 2.24) is 10.2 Å². The Balaban J connectivity index is 2.03. The number of amides is 2. The molecule has 7 nitrogen and oxygen atoms in total. The van der Waals surface area contributed by atoms with Crippen LogP contribution in [0.15, 0.2) is 0 Å². The van der Waals surface area contributed by atoms with Gasteiger partial charge in [-0.05, 0) is 6.42 Å². The summed E-state index contributed by atoms with van der Waals surface area (Å²) in [5.41, 5.74) is 0. The normalized spacial score (nSPS) is 30.7. The average molecular weight is 256 g/mol. The van der Waals surface area contributed by atoms with Gasteiger partial charge < -0.3 is 20.1 Å². The maximum Gasteiger partial charge on any atom is 0.307 e. The first-order valence-electron chi connectivity index (χ1n) is 5.89. The summed E-state index contributed by atoms with van der Waals surface area (Å²) >= 11 is 0. The summed E-state index contributed by atoms with van der Waals surface area (Å²) < 4.78 is 5.19. The van der Waals surface area contributed by atoms with Crippen LogP contribution in [-0.4, -0.2) is 60.6 Å². The van der Waals surface area contributed by atoms with Crippen molar-refractivity contribution in [3.63, 3.8) is 0 Å². The fourth-order valence-corrected chi connectivity index (χ4v) is 2.21. The van der Waals surface area contributed by atoms with Gasteiger partial charge in [0, 0.05) is 13.6 Å². The molecule has 18 heavy (non-hydrogen) atoms. The van der Waals surface area contributed by atoms with E-state index in [4.69, 9.17) is 9.84 Å². The van der Waals surface area contributed by atoms with Crippen molar-refractivity contribution in [2.45, 2.75) is 12.5 Å². The average Bonchev–Trinajstić information content (AvgIpc) is 3.17. The minimum atomic E-state index is -0.946. The Kier molecular flexibility index (Phi) is 3.51. The second-order valence-corrected chi connectivity index (χ2v) is 4.52. The van der Waals surface area contributed by atoms with Gasteiger partial charge in [-0.15, -0.1) is 0 Å². The van der Waals surface area contributed by atoms with Gasteiger partial charge in [-0.3, -0.25) is 14.4 Å². The Morgan fingerprint density at radius 1 is 1.33 bits per heavy atom. The number of nitrogens with zero attached hydrogens (tertiary/aromatic N) is 1. The topological polar surface area (TPSA) is 95.9 Å². The van der Waals surface area contributed by atoms with Gasteiger partial charge in [-0.25, -0.2) is 0 Å². The third kappa shape index (κ3) is 2.31. The number of carbonyl (C=O) groups is 3. The zero-order valence-corrected chi connectivity index (χ0v) is 10.1. The van der Waals surface area contributed by atoms with Crippen LogP contribution in [-0.2, 0) is 19.1 Å². The molecular formula is C11H16N2O5. The molecule has 3 unspecified atom stereocenters. The first kappa shape index (κ1) is 12.8. The van der Waals surface area contributed by atoms with E-state index >= 15 is 0 Å². The van der Waals surface area contributed by atoms with Crippen LogP contribution in [0.5, 0.6) is 0 Å². The number of carboxylic acids is 1. The summed E-state index contributed by atoms with van der Waals surface area (Å²) in [6.07, 6.45) is 0.367. The van der Waals surface area contributed by atoms with Crippen LogP contribution in [0.3, 0.4) is 0 Å². The SMILES string of the molecule is CNC(=O)C1COCCN1C(=O)C1CC1C(=O)O. The van der Waals surface area contributed by atoms with Crippen molar-refractivity contribution in [2.24, 2.45) is 11.8 Å². The lowest BCUT2D eigenvalue weighted by Crippen LogP contribution is -2.56. The first-order chi connectivity index (χ1) is 8.56. The fraction of sp³-hybridized carbons (Fsp3) is 0.727. The highest BCUT2D eigenvalue weighted by atomic mass is 16.5. The molecule has 2 fully saturated rings. The van der Waals surface area contributed by atoms with Gasteiger partial charge in [0.2, 0.25) is 11.8 Å². The summed E-state index contributed by atoms with van der Waals surface area (Å²) in [7, 11) is 1.50. The van der Waals surface area contributed by atoms with E-state index in [-0.39, 0.29) is 18.4 Å². The van der Waals surface area contributed by atoms with Crippen molar-refractivity contribution >= 4 is 17.8 Å². The van der Waals surface area contributed by atoms with E-state index in [0.717, 1.165) is 0 Å². The molecule has 1 aliphatic carbocycles. The summed E-state index contributed by atoms with van der Waals surface area (Å²) in [5, 5.41) is 11.3. The van der Waals surface area contributed by atoms with Crippen LogP contribution >= 0.6 is 0 Å². The van der Waals surface area contributed by atoms with Gasteiger partial charge in [0.15, 0.2) is 0 Å². The van der Waals surface area contributed by atoms with Crippen LogP contribution in [0.2, 0.25) is 0 Å². The highest BCUT2D eigenvalue weighted by Gasteiger charge is 2.51. The highest BCUT2D eigenvalue weighted by Crippen LogP contribution is 2.40. The molecule has 0 aromatic heterocycles. The number of likely N-dealkylation sites (N-methyl/N-ethyl adjacent to an activating group) is 1. The number of ether oxygens (including phenoxy) is 1. The maximum absolute atomic E-state index is 12.1. The molecule has 2 amide bonds. The van der Waals surface area contributed by atoms with E-state index in [0.29, 0.717) is 19.6 Å². The molecule has 1 saturated carbocycles. The molecule has 0 aromatic carbocycles. The zero-order valence-electron chi connectivity index (χ0n) is 10.1. The van der Waals surface area contributed by atoms with Crippen LogP contribution in [0, 0.1) is 11.8 Å². The molecule has 100 valence electrons. The van der Waals surface area contributed by atoms with Crippen LogP contribution in [0.1, 0.15) is 6.42 Å². The molecular weight excluding hydrogens is 240 g/mol. The molecule has 1 aliphatic heterocycles. The van der Waals surface area contributed by atoms with Gasteiger partial charge >= 0.3 is 5.97 Å². The Morgan fingerprint density at radius 3 is 2.61 bits per heavy atom. The molecule has 2 N–H and O–H groups in total. The van der Waals surface area contributed by atoms with Crippen molar-refractivity contribution in [3.05, 3.63) is 0 Å². The summed E-state index contributed by atoms with van der Waals surface area (Å²) in [4.78, 5) is 36.0. The zero-order chi connectivity index (χ0) is 13.3. The third-order valence-electron chi connectivity index (χ3n) is 3.39. The minimum absolute atomic E-state index is 0.163. The number of aliphatic carboxylic acids is 1. The quantitative estimate of drug-likeness (QED) is 0.653. The monoisotopic (exact) mass is 256 g/mol. The Bertz CT molecular complexity index is 384. The Labute approximate surface area is 104 Å².